The van der Waals surface area contributed by atoms with Gasteiger partial charge in [-0.3, -0.25) is 15.0 Å². The molecule has 11 nitrogen and oxygen atoms in total. The first-order valence-corrected chi connectivity index (χ1v) is 15.9. The first kappa shape index (κ1) is 34.5. The van der Waals surface area contributed by atoms with Gasteiger partial charge in [0.1, 0.15) is 22.9 Å². The maximum absolute atomic E-state index is 13.6. The number of nitrogens with one attached hydrogen (secondary N) is 2. The summed E-state index contributed by atoms with van der Waals surface area (Å²) in [5.74, 6) is 1.03. The Morgan fingerprint density at radius 1 is 0.917 bits per heavy atom. The lowest BCUT2D eigenvalue weighted by atomic mass is 10.1. The molecule has 14 heteroatoms. The third kappa shape index (κ3) is 8.74. The number of aliphatic imine (C=N–C) groups is 1. The quantitative estimate of drug-likeness (QED) is 0.143. The second-order valence-corrected chi connectivity index (χ2v) is 11.7. The van der Waals surface area contributed by atoms with Gasteiger partial charge >= 0.3 is 0 Å². The summed E-state index contributed by atoms with van der Waals surface area (Å²) >= 11 is 18.9. The number of hydrogen-bond donors (Lipinski definition) is 2. The maximum Gasteiger partial charge on any atom is 0.280 e. The third-order valence-corrected chi connectivity index (χ3v) is 7.65. The summed E-state index contributed by atoms with van der Waals surface area (Å²) in [7, 11) is 0. The number of benzene rings is 4. The zero-order chi connectivity index (χ0) is 34.2. The largest absolute Gasteiger partial charge is 0.494 e. The zero-order valence-corrected chi connectivity index (χ0v) is 28.4. The van der Waals surface area contributed by atoms with Crippen molar-refractivity contribution in [2.45, 2.75) is 26.8 Å². The molecule has 1 aliphatic rings. The van der Waals surface area contributed by atoms with E-state index in [9.17, 15) is 9.59 Å². The van der Waals surface area contributed by atoms with Crippen LogP contribution in [0.2, 0.25) is 15.1 Å². The number of carbonyl (C=O) groups excluding carboxylic acids is 2. The van der Waals surface area contributed by atoms with E-state index >= 15 is 0 Å². The number of halogens is 3. The number of anilines is 2. The van der Waals surface area contributed by atoms with Crippen LogP contribution < -0.4 is 30.0 Å². The van der Waals surface area contributed by atoms with E-state index in [2.05, 4.69) is 26.0 Å². The highest BCUT2D eigenvalue weighted by atomic mass is 35.5. The number of nitrogens with zero attached hydrogens (tertiary/aromatic N) is 4. The van der Waals surface area contributed by atoms with Crippen LogP contribution in [0, 0.1) is 13.8 Å². The van der Waals surface area contributed by atoms with Crippen molar-refractivity contribution in [3.05, 3.63) is 105 Å². The second kappa shape index (κ2) is 15.8. The van der Waals surface area contributed by atoms with Gasteiger partial charge in [0.15, 0.2) is 19.2 Å². The molecule has 2 amide bonds. The van der Waals surface area contributed by atoms with Crippen molar-refractivity contribution in [1.29, 1.82) is 0 Å². The fraction of sp³-hybridized carbons (Fsp3) is 0.206. The standard InChI is InChI=1S/C34H31Cl3N6O5/c1-4-46-25-11-9-23(10-12-25)40-41-31-33(42-43(34(31)45)32-27(36)15-22(35)16-28(32)37)38-19-48-26-7-5-6-24(17-26)39-30(44)18-47-29-13-8-20(2)14-21(29)3/h5-17,31H,4,18-19H2,1-3H3,(H,38,42)(H,39,44). The number of rotatable bonds is 12. The maximum atomic E-state index is 13.6. The Bertz CT molecular complexity index is 1850. The molecule has 0 radical (unpaired) electrons. The van der Waals surface area contributed by atoms with E-state index in [0.717, 1.165) is 16.1 Å². The molecule has 1 fully saturated rings. The van der Waals surface area contributed by atoms with Gasteiger partial charge in [-0.2, -0.15) is 10.2 Å². The summed E-state index contributed by atoms with van der Waals surface area (Å²) < 4.78 is 17.0. The fourth-order valence-electron chi connectivity index (χ4n) is 4.65. The van der Waals surface area contributed by atoms with Crippen LogP contribution in [-0.2, 0) is 9.59 Å². The minimum Gasteiger partial charge on any atom is -0.494 e. The summed E-state index contributed by atoms with van der Waals surface area (Å²) in [5.41, 5.74) is 6.17. The molecule has 0 spiro atoms. The van der Waals surface area contributed by atoms with Crippen molar-refractivity contribution in [3.63, 3.8) is 0 Å². The van der Waals surface area contributed by atoms with Crippen molar-refractivity contribution in [3.8, 4) is 17.2 Å². The topological polar surface area (TPSA) is 126 Å². The fourth-order valence-corrected chi connectivity index (χ4v) is 5.64. The summed E-state index contributed by atoms with van der Waals surface area (Å²) in [6, 6.07) is 21.3. The smallest absolute Gasteiger partial charge is 0.280 e. The lowest BCUT2D eigenvalue weighted by Gasteiger charge is -2.19. The van der Waals surface area contributed by atoms with Crippen molar-refractivity contribution in [1.82, 2.24) is 5.43 Å². The highest BCUT2D eigenvalue weighted by Crippen LogP contribution is 2.37. The lowest BCUT2D eigenvalue weighted by molar-refractivity contribution is -0.118. The van der Waals surface area contributed by atoms with Gasteiger partial charge in [-0.1, -0.05) is 58.6 Å². The van der Waals surface area contributed by atoms with E-state index in [-0.39, 0.29) is 40.8 Å². The van der Waals surface area contributed by atoms with Crippen LogP contribution in [0.5, 0.6) is 17.2 Å². The Hall–Kier alpha value is -4.84. The molecule has 1 saturated heterocycles. The summed E-state index contributed by atoms with van der Waals surface area (Å²) in [6.45, 7) is 5.97. The SMILES string of the molecule is CCOc1ccc(N=NC2C(=O)N(c3c(Cl)cc(Cl)cc3Cl)NC2=NCOc2cccc(NC(=O)COc3ccc(C)cc3C)c2)cc1. The highest BCUT2D eigenvalue weighted by molar-refractivity contribution is 6.43. The van der Waals surface area contributed by atoms with Gasteiger partial charge in [0, 0.05) is 16.8 Å². The van der Waals surface area contributed by atoms with E-state index in [0.29, 0.717) is 40.3 Å². The van der Waals surface area contributed by atoms with Gasteiger partial charge < -0.3 is 19.5 Å². The Labute approximate surface area is 292 Å². The molecule has 48 heavy (non-hydrogen) atoms. The van der Waals surface area contributed by atoms with Gasteiger partial charge in [0.25, 0.3) is 11.8 Å². The molecule has 1 unspecified atom stereocenters. The van der Waals surface area contributed by atoms with Crippen molar-refractivity contribution in [2.24, 2.45) is 15.2 Å². The van der Waals surface area contributed by atoms with Crippen LogP contribution >= 0.6 is 34.8 Å². The number of ether oxygens (including phenoxy) is 3. The number of carbonyl (C=O) groups is 2. The number of amidine groups is 1. The third-order valence-electron chi connectivity index (χ3n) is 6.85. The average Bonchev–Trinajstić information content (AvgIpc) is 3.34. The Balaban J connectivity index is 1.28. The molecular weight excluding hydrogens is 679 g/mol. The van der Waals surface area contributed by atoms with Crippen LogP contribution in [0.25, 0.3) is 0 Å². The molecule has 0 bridgehead atoms. The van der Waals surface area contributed by atoms with Crippen molar-refractivity contribution < 1.29 is 23.8 Å². The molecule has 0 aromatic heterocycles. The molecule has 5 rings (SSSR count). The highest BCUT2D eigenvalue weighted by Gasteiger charge is 2.40. The minimum absolute atomic E-state index is 0.143. The average molecular weight is 710 g/mol. The van der Waals surface area contributed by atoms with Crippen molar-refractivity contribution in [2.75, 3.05) is 30.3 Å². The van der Waals surface area contributed by atoms with Crippen LogP contribution in [0.15, 0.2) is 94.1 Å². The first-order chi connectivity index (χ1) is 23.1. The lowest BCUT2D eigenvalue weighted by Crippen LogP contribution is -2.36. The summed E-state index contributed by atoms with van der Waals surface area (Å²) in [5, 5.41) is 13.1. The molecule has 248 valence electrons. The molecule has 4 aromatic rings. The van der Waals surface area contributed by atoms with Crippen LogP contribution in [0.4, 0.5) is 17.1 Å². The molecule has 1 heterocycles. The molecule has 1 atom stereocenters. The second-order valence-electron chi connectivity index (χ2n) is 10.5. The number of amides is 2. The number of aryl methyl sites for hydroxylation is 2. The zero-order valence-electron chi connectivity index (χ0n) is 26.2. The van der Waals surface area contributed by atoms with Gasteiger partial charge in [0.05, 0.1) is 22.3 Å². The van der Waals surface area contributed by atoms with E-state index in [4.69, 9.17) is 49.0 Å². The Morgan fingerprint density at radius 3 is 2.38 bits per heavy atom. The molecule has 0 saturated carbocycles. The normalized spacial score (nSPS) is 15.1. The number of hydrazine groups is 1. The summed E-state index contributed by atoms with van der Waals surface area (Å²) in [6.07, 6.45) is 0. The van der Waals surface area contributed by atoms with Gasteiger partial charge in [-0.15, -0.1) is 0 Å². The Morgan fingerprint density at radius 2 is 1.67 bits per heavy atom. The van der Waals surface area contributed by atoms with Crippen molar-refractivity contribution >= 4 is 69.5 Å². The molecule has 2 N–H and O–H groups in total. The first-order valence-electron chi connectivity index (χ1n) is 14.8. The predicted molar refractivity (Wildman–Crippen MR) is 187 cm³/mol. The monoisotopic (exact) mass is 708 g/mol. The Kier molecular flexibility index (Phi) is 11.4. The van der Waals surface area contributed by atoms with E-state index in [1.54, 1.807) is 48.5 Å². The molecule has 0 aliphatic carbocycles. The molecular formula is C34H31Cl3N6O5. The summed E-state index contributed by atoms with van der Waals surface area (Å²) in [4.78, 5) is 30.6. The number of hydrogen-bond acceptors (Lipinski definition) is 8. The van der Waals surface area contributed by atoms with Crippen LogP contribution in [0.3, 0.4) is 0 Å². The van der Waals surface area contributed by atoms with E-state index in [1.807, 2.05) is 39.0 Å². The van der Waals surface area contributed by atoms with E-state index < -0.39 is 11.9 Å². The van der Waals surface area contributed by atoms with Gasteiger partial charge in [0.2, 0.25) is 6.04 Å². The van der Waals surface area contributed by atoms with Gasteiger partial charge in [-0.05, 0) is 80.9 Å². The molecule has 4 aromatic carbocycles. The predicted octanol–water partition coefficient (Wildman–Crippen LogP) is 8.12. The molecule has 1 aliphatic heterocycles. The van der Waals surface area contributed by atoms with Crippen LogP contribution in [0.1, 0.15) is 18.1 Å². The minimum atomic E-state index is -1.16. The van der Waals surface area contributed by atoms with Crippen LogP contribution in [-0.4, -0.2) is 43.6 Å². The number of azo groups is 1. The van der Waals surface area contributed by atoms with E-state index in [1.165, 1.54) is 12.1 Å². The van der Waals surface area contributed by atoms with Gasteiger partial charge in [-0.25, -0.2) is 10.0 Å².